The van der Waals surface area contributed by atoms with Crippen LogP contribution in [0.1, 0.15) is 21.7 Å². The van der Waals surface area contributed by atoms with Gasteiger partial charge in [0.2, 0.25) is 0 Å². The highest BCUT2D eigenvalue weighted by Gasteiger charge is 2.12. The Morgan fingerprint density at radius 1 is 1.04 bits per heavy atom. The molecule has 0 spiro atoms. The number of nitrogens with one attached hydrogen (secondary N) is 1. The second kappa shape index (κ2) is 7.82. The third-order valence-electron chi connectivity index (χ3n) is 4.75. The van der Waals surface area contributed by atoms with Crippen LogP contribution in [0.5, 0.6) is 0 Å². The Hall–Kier alpha value is -3.19. The van der Waals surface area contributed by atoms with Crippen LogP contribution >= 0.6 is 0 Å². The molecule has 0 bridgehead atoms. The van der Waals surface area contributed by atoms with E-state index in [1.165, 1.54) is 0 Å². The number of anilines is 2. The minimum Gasteiger partial charge on any atom is -0.378 e. The zero-order chi connectivity index (χ0) is 19.5. The number of rotatable bonds is 4. The predicted molar refractivity (Wildman–Crippen MR) is 108 cm³/mol. The van der Waals surface area contributed by atoms with E-state index in [4.69, 9.17) is 4.74 Å². The fraction of sp³-hybridized carbons (Fsp3) is 0.286. The molecule has 0 saturated carbocycles. The summed E-state index contributed by atoms with van der Waals surface area (Å²) in [4.78, 5) is 19.1. The number of ether oxygens (including phenoxy) is 1. The lowest BCUT2D eigenvalue weighted by Gasteiger charge is -2.28. The van der Waals surface area contributed by atoms with Crippen molar-refractivity contribution >= 4 is 17.4 Å². The average molecular weight is 377 g/mol. The Labute approximate surface area is 164 Å². The number of benzene rings is 1. The van der Waals surface area contributed by atoms with E-state index in [9.17, 15) is 4.79 Å². The first-order valence-electron chi connectivity index (χ1n) is 9.34. The van der Waals surface area contributed by atoms with Crippen LogP contribution in [0, 0.1) is 13.8 Å². The SMILES string of the molecule is Cc1cc(C)n(-c2ccc(C(=O)Nc3ccc(N4CCOCC4)cn3)cc2)n1. The normalized spacial score (nSPS) is 14.1. The van der Waals surface area contributed by atoms with Crippen LogP contribution in [-0.2, 0) is 4.74 Å². The maximum atomic E-state index is 12.5. The minimum atomic E-state index is -0.188. The summed E-state index contributed by atoms with van der Waals surface area (Å²) in [6.45, 7) is 7.14. The molecule has 3 heterocycles. The van der Waals surface area contributed by atoms with Gasteiger partial charge in [0.1, 0.15) is 5.82 Å². The first-order chi connectivity index (χ1) is 13.6. The quantitative estimate of drug-likeness (QED) is 0.757. The van der Waals surface area contributed by atoms with Crippen LogP contribution in [0.3, 0.4) is 0 Å². The van der Waals surface area contributed by atoms with Crippen LogP contribution < -0.4 is 10.2 Å². The highest BCUT2D eigenvalue weighted by molar-refractivity contribution is 6.03. The smallest absolute Gasteiger partial charge is 0.256 e. The Bertz CT molecular complexity index is 957. The molecule has 0 unspecified atom stereocenters. The number of nitrogens with zero attached hydrogens (tertiary/aromatic N) is 4. The first-order valence-corrected chi connectivity index (χ1v) is 9.34. The number of morpholine rings is 1. The monoisotopic (exact) mass is 377 g/mol. The third kappa shape index (κ3) is 3.89. The van der Waals surface area contributed by atoms with E-state index < -0.39 is 0 Å². The molecule has 1 fully saturated rings. The van der Waals surface area contributed by atoms with Crippen molar-refractivity contribution in [2.24, 2.45) is 0 Å². The number of aryl methyl sites for hydroxylation is 2. The average Bonchev–Trinajstić information content (AvgIpc) is 3.07. The molecule has 7 heteroatoms. The summed E-state index contributed by atoms with van der Waals surface area (Å²) in [5, 5.41) is 7.31. The van der Waals surface area contributed by atoms with Gasteiger partial charge in [-0.1, -0.05) is 0 Å². The largest absolute Gasteiger partial charge is 0.378 e. The van der Waals surface area contributed by atoms with E-state index in [0.717, 1.165) is 49.1 Å². The topological polar surface area (TPSA) is 72.3 Å². The van der Waals surface area contributed by atoms with Crippen LogP contribution in [0.25, 0.3) is 5.69 Å². The predicted octanol–water partition coefficient (Wildman–Crippen LogP) is 2.97. The number of carbonyl (C=O) groups is 1. The maximum absolute atomic E-state index is 12.5. The van der Waals surface area contributed by atoms with Gasteiger partial charge in [0, 0.05) is 24.3 Å². The summed E-state index contributed by atoms with van der Waals surface area (Å²) < 4.78 is 7.23. The van der Waals surface area contributed by atoms with Gasteiger partial charge in [0.25, 0.3) is 5.91 Å². The fourth-order valence-electron chi connectivity index (χ4n) is 3.30. The number of pyridine rings is 1. The first kappa shape index (κ1) is 18.2. The molecule has 3 aromatic rings. The molecular weight excluding hydrogens is 354 g/mol. The van der Waals surface area contributed by atoms with Crippen molar-refractivity contribution in [2.75, 3.05) is 36.5 Å². The van der Waals surface area contributed by atoms with Crippen molar-refractivity contribution in [3.8, 4) is 5.69 Å². The van der Waals surface area contributed by atoms with Crippen molar-refractivity contribution in [1.82, 2.24) is 14.8 Å². The Morgan fingerprint density at radius 2 is 1.75 bits per heavy atom. The molecule has 0 aliphatic carbocycles. The summed E-state index contributed by atoms with van der Waals surface area (Å²) in [6.07, 6.45) is 1.78. The molecule has 144 valence electrons. The maximum Gasteiger partial charge on any atom is 0.256 e. The molecule has 1 saturated heterocycles. The van der Waals surface area contributed by atoms with Crippen molar-refractivity contribution < 1.29 is 9.53 Å². The van der Waals surface area contributed by atoms with Gasteiger partial charge in [0.05, 0.1) is 36.5 Å². The van der Waals surface area contributed by atoms with Gasteiger partial charge in [0.15, 0.2) is 0 Å². The van der Waals surface area contributed by atoms with Gasteiger partial charge in [-0.2, -0.15) is 5.10 Å². The second-order valence-corrected chi connectivity index (χ2v) is 6.84. The molecule has 1 aromatic carbocycles. The van der Waals surface area contributed by atoms with E-state index in [0.29, 0.717) is 11.4 Å². The molecular formula is C21H23N5O2. The lowest BCUT2D eigenvalue weighted by atomic mass is 10.2. The number of hydrogen-bond donors (Lipinski definition) is 1. The number of hydrogen-bond acceptors (Lipinski definition) is 5. The molecule has 1 amide bonds. The van der Waals surface area contributed by atoms with Crippen molar-refractivity contribution in [2.45, 2.75) is 13.8 Å². The zero-order valence-electron chi connectivity index (χ0n) is 16.1. The molecule has 7 nitrogen and oxygen atoms in total. The van der Waals surface area contributed by atoms with Gasteiger partial charge < -0.3 is 15.0 Å². The second-order valence-electron chi connectivity index (χ2n) is 6.84. The third-order valence-corrected chi connectivity index (χ3v) is 4.75. The van der Waals surface area contributed by atoms with E-state index in [1.54, 1.807) is 18.3 Å². The van der Waals surface area contributed by atoms with Gasteiger partial charge in [-0.05, 0) is 56.3 Å². The zero-order valence-corrected chi connectivity index (χ0v) is 16.1. The lowest BCUT2D eigenvalue weighted by Crippen LogP contribution is -2.36. The van der Waals surface area contributed by atoms with E-state index in [2.05, 4.69) is 20.3 Å². The van der Waals surface area contributed by atoms with Crippen molar-refractivity contribution in [1.29, 1.82) is 0 Å². The highest BCUT2D eigenvalue weighted by atomic mass is 16.5. The highest BCUT2D eigenvalue weighted by Crippen LogP contribution is 2.18. The lowest BCUT2D eigenvalue weighted by molar-refractivity contribution is 0.102. The summed E-state index contributed by atoms with van der Waals surface area (Å²) in [7, 11) is 0. The van der Waals surface area contributed by atoms with Crippen molar-refractivity contribution in [3.63, 3.8) is 0 Å². The van der Waals surface area contributed by atoms with E-state index in [1.807, 2.05) is 48.9 Å². The molecule has 4 rings (SSSR count). The Balaban J connectivity index is 1.42. The van der Waals surface area contributed by atoms with Gasteiger partial charge in [-0.25, -0.2) is 9.67 Å². The van der Waals surface area contributed by atoms with Gasteiger partial charge >= 0.3 is 0 Å². The molecule has 0 radical (unpaired) electrons. The van der Waals surface area contributed by atoms with Gasteiger partial charge in [-0.3, -0.25) is 4.79 Å². The number of carbonyl (C=O) groups excluding carboxylic acids is 1. The summed E-state index contributed by atoms with van der Waals surface area (Å²) in [6, 6.07) is 13.2. The number of amides is 1. The van der Waals surface area contributed by atoms with Crippen LogP contribution in [0.2, 0.25) is 0 Å². The molecule has 0 atom stereocenters. The molecule has 1 aliphatic heterocycles. The molecule has 1 N–H and O–H groups in total. The Morgan fingerprint density at radius 3 is 2.36 bits per heavy atom. The fourth-order valence-corrected chi connectivity index (χ4v) is 3.30. The molecule has 28 heavy (non-hydrogen) atoms. The molecule has 2 aromatic heterocycles. The number of aromatic nitrogens is 3. The van der Waals surface area contributed by atoms with Crippen LogP contribution in [0.15, 0.2) is 48.7 Å². The summed E-state index contributed by atoms with van der Waals surface area (Å²) >= 11 is 0. The summed E-state index contributed by atoms with van der Waals surface area (Å²) in [5.74, 6) is 0.344. The minimum absolute atomic E-state index is 0.188. The van der Waals surface area contributed by atoms with Gasteiger partial charge in [-0.15, -0.1) is 0 Å². The van der Waals surface area contributed by atoms with Crippen molar-refractivity contribution in [3.05, 3.63) is 65.6 Å². The van der Waals surface area contributed by atoms with Crippen LogP contribution in [0.4, 0.5) is 11.5 Å². The standard InChI is InChI=1S/C21H23N5O2/c1-15-13-16(2)26(24-15)18-5-3-17(4-6-18)21(27)23-20-8-7-19(14-22-20)25-9-11-28-12-10-25/h3-8,13-14H,9-12H2,1-2H3,(H,22,23,27). The van der Waals surface area contributed by atoms with E-state index in [-0.39, 0.29) is 5.91 Å². The molecule has 1 aliphatic rings. The van der Waals surface area contributed by atoms with E-state index >= 15 is 0 Å². The van der Waals surface area contributed by atoms with Crippen LogP contribution in [-0.4, -0.2) is 47.0 Å². The Kier molecular flexibility index (Phi) is 5.08. The summed E-state index contributed by atoms with van der Waals surface area (Å²) in [5.41, 5.74) is 4.56.